The Morgan fingerprint density at radius 2 is 1.69 bits per heavy atom. The van der Waals surface area contributed by atoms with Gasteiger partial charge in [0.05, 0.1) is 11.4 Å². The maximum absolute atomic E-state index is 11.5. The van der Waals surface area contributed by atoms with Crippen molar-refractivity contribution in [3.8, 4) is 16.9 Å². The number of nitrogens with zero attached hydrogens (tertiary/aromatic N) is 3. The summed E-state index contributed by atoms with van der Waals surface area (Å²) in [6, 6.07) is 21.2. The van der Waals surface area contributed by atoms with Gasteiger partial charge in [0, 0.05) is 11.6 Å². The number of hydrogen-bond acceptors (Lipinski definition) is 4. The number of carbonyl (C=O) groups excluding carboxylic acids is 1. The lowest BCUT2D eigenvalue weighted by Gasteiger charge is -2.24. The summed E-state index contributed by atoms with van der Waals surface area (Å²) in [4.78, 5) is 13.1. The van der Waals surface area contributed by atoms with Gasteiger partial charge in [-0.15, -0.1) is 5.10 Å². The predicted molar refractivity (Wildman–Crippen MR) is 101 cm³/mol. The molecule has 1 aromatic heterocycles. The van der Waals surface area contributed by atoms with E-state index in [1.807, 2.05) is 78.3 Å². The first-order valence-corrected chi connectivity index (χ1v) is 8.50. The van der Waals surface area contributed by atoms with E-state index in [-0.39, 0.29) is 0 Å². The highest BCUT2D eigenvalue weighted by Crippen LogP contribution is 2.32. The zero-order chi connectivity index (χ0) is 18.1. The molecule has 0 saturated carbocycles. The van der Waals surface area contributed by atoms with Crippen LogP contribution >= 0.6 is 0 Å². The van der Waals surface area contributed by atoms with Crippen molar-refractivity contribution in [2.75, 3.05) is 4.90 Å². The number of para-hydroxylation sites is 1. The number of aromatic nitrogens is 2. The molecule has 4 rings (SSSR count). The van der Waals surface area contributed by atoms with E-state index in [1.54, 1.807) is 11.0 Å². The number of aliphatic hydroxyl groups is 1. The van der Waals surface area contributed by atoms with E-state index in [1.165, 1.54) is 0 Å². The van der Waals surface area contributed by atoms with Crippen molar-refractivity contribution in [2.45, 2.75) is 19.2 Å². The molecular weight excluding hydrogens is 326 g/mol. The first kappa shape index (κ1) is 16.3. The van der Waals surface area contributed by atoms with Gasteiger partial charge in [0.25, 0.3) is 0 Å². The standard InChI is InChI=1S/C21H19N3O2/c1-15-12-18(14-25)23(21(15)26)20-13-19(16-8-4-2-5-9-16)24(22-20)17-10-6-3-7-11-17/h2-14,18,21,26H,1H3. The van der Waals surface area contributed by atoms with Gasteiger partial charge >= 0.3 is 0 Å². The van der Waals surface area contributed by atoms with E-state index in [2.05, 4.69) is 0 Å². The van der Waals surface area contributed by atoms with Gasteiger partial charge in [-0.1, -0.05) is 54.6 Å². The number of carbonyl (C=O) groups is 1. The average molecular weight is 345 g/mol. The van der Waals surface area contributed by atoms with Gasteiger partial charge < -0.3 is 14.8 Å². The van der Waals surface area contributed by atoms with Crippen molar-refractivity contribution >= 4 is 12.1 Å². The molecule has 5 heteroatoms. The van der Waals surface area contributed by atoms with Crippen LogP contribution in [0.5, 0.6) is 0 Å². The number of anilines is 1. The fourth-order valence-electron chi connectivity index (χ4n) is 3.28. The van der Waals surface area contributed by atoms with Crippen molar-refractivity contribution in [1.82, 2.24) is 9.78 Å². The zero-order valence-electron chi connectivity index (χ0n) is 14.4. The zero-order valence-corrected chi connectivity index (χ0v) is 14.4. The monoisotopic (exact) mass is 345 g/mol. The van der Waals surface area contributed by atoms with Crippen molar-refractivity contribution < 1.29 is 9.90 Å². The summed E-state index contributed by atoms with van der Waals surface area (Å²) in [5.41, 5.74) is 3.57. The largest absolute Gasteiger partial charge is 0.370 e. The number of aliphatic hydroxyl groups excluding tert-OH is 1. The minimum absolute atomic E-state index is 0.521. The van der Waals surface area contributed by atoms with E-state index in [9.17, 15) is 9.90 Å². The van der Waals surface area contributed by atoms with Gasteiger partial charge in [-0.2, -0.15) is 0 Å². The van der Waals surface area contributed by atoms with Crippen LogP contribution in [0.2, 0.25) is 0 Å². The summed E-state index contributed by atoms with van der Waals surface area (Å²) in [6.07, 6.45) is 1.73. The molecule has 0 radical (unpaired) electrons. The maximum Gasteiger partial charge on any atom is 0.154 e. The Morgan fingerprint density at radius 1 is 1.04 bits per heavy atom. The lowest BCUT2D eigenvalue weighted by molar-refractivity contribution is -0.108. The summed E-state index contributed by atoms with van der Waals surface area (Å²) in [7, 11) is 0. The maximum atomic E-state index is 11.5. The molecule has 2 atom stereocenters. The van der Waals surface area contributed by atoms with Crippen molar-refractivity contribution in [2.24, 2.45) is 0 Å². The Bertz CT molecular complexity index is 891. The molecule has 2 aromatic carbocycles. The molecule has 1 aliphatic heterocycles. The molecule has 2 unspecified atom stereocenters. The summed E-state index contributed by atoms with van der Waals surface area (Å²) in [5, 5.41) is 15.2. The summed E-state index contributed by atoms with van der Waals surface area (Å²) in [6.45, 7) is 1.81. The molecule has 1 aliphatic rings. The highest BCUT2D eigenvalue weighted by Gasteiger charge is 2.33. The van der Waals surface area contributed by atoms with E-state index >= 15 is 0 Å². The van der Waals surface area contributed by atoms with Crippen molar-refractivity contribution in [3.05, 3.63) is 78.4 Å². The second kappa shape index (κ2) is 6.61. The smallest absolute Gasteiger partial charge is 0.154 e. The fourth-order valence-corrected chi connectivity index (χ4v) is 3.28. The summed E-state index contributed by atoms with van der Waals surface area (Å²) < 4.78 is 1.84. The molecule has 26 heavy (non-hydrogen) atoms. The van der Waals surface area contributed by atoms with E-state index in [0.717, 1.165) is 28.8 Å². The van der Waals surface area contributed by atoms with Crippen molar-refractivity contribution in [3.63, 3.8) is 0 Å². The predicted octanol–water partition coefficient (Wildman–Crippen LogP) is 3.19. The summed E-state index contributed by atoms with van der Waals surface area (Å²) in [5.74, 6) is 0.561. The Kier molecular flexibility index (Phi) is 4.14. The minimum atomic E-state index is -0.854. The van der Waals surface area contributed by atoms with E-state index in [4.69, 9.17) is 5.10 Å². The Morgan fingerprint density at radius 3 is 2.35 bits per heavy atom. The second-order valence-corrected chi connectivity index (χ2v) is 6.32. The first-order valence-electron chi connectivity index (χ1n) is 8.50. The molecule has 0 spiro atoms. The third kappa shape index (κ3) is 2.72. The van der Waals surface area contributed by atoms with Gasteiger partial charge in [-0.05, 0) is 24.6 Å². The van der Waals surface area contributed by atoms with Crippen LogP contribution in [0.25, 0.3) is 16.9 Å². The van der Waals surface area contributed by atoms with Crippen LogP contribution < -0.4 is 4.90 Å². The van der Waals surface area contributed by atoms with Gasteiger partial charge in [0.1, 0.15) is 12.3 Å². The Hall–Kier alpha value is -3.18. The highest BCUT2D eigenvalue weighted by atomic mass is 16.3. The van der Waals surface area contributed by atoms with Crippen LogP contribution in [0.3, 0.4) is 0 Å². The van der Waals surface area contributed by atoms with Gasteiger partial charge in [-0.25, -0.2) is 4.68 Å². The van der Waals surface area contributed by atoms with Gasteiger partial charge in [-0.3, -0.25) is 0 Å². The number of hydrogen-bond donors (Lipinski definition) is 1. The van der Waals surface area contributed by atoms with Gasteiger partial charge in [0.15, 0.2) is 12.0 Å². The van der Waals surface area contributed by atoms with Crippen LogP contribution in [-0.4, -0.2) is 33.4 Å². The van der Waals surface area contributed by atoms with Crippen molar-refractivity contribution in [1.29, 1.82) is 0 Å². The minimum Gasteiger partial charge on any atom is -0.370 e. The third-order valence-corrected chi connectivity index (χ3v) is 4.60. The van der Waals surface area contributed by atoms with Crippen LogP contribution in [0.1, 0.15) is 6.92 Å². The molecule has 0 bridgehead atoms. The van der Waals surface area contributed by atoms with Crippen LogP contribution in [0.15, 0.2) is 78.4 Å². The molecule has 0 aliphatic carbocycles. The molecule has 5 nitrogen and oxygen atoms in total. The fraction of sp³-hybridized carbons (Fsp3) is 0.143. The van der Waals surface area contributed by atoms with Crippen LogP contribution in [0.4, 0.5) is 5.82 Å². The quantitative estimate of drug-likeness (QED) is 0.583. The second-order valence-electron chi connectivity index (χ2n) is 6.32. The van der Waals surface area contributed by atoms with Gasteiger partial charge in [0.2, 0.25) is 0 Å². The van der Waals surface area contributed by atoms with Crippen LogP contribution in [0, 0.1) is 0 Å². The number of rotatable bonds is 4. The molecule has 1 N–H and O–H groups in total. The molecule has 0 amide bonds. The molecule has 0 fully saturated rings. The Balaban J connectivity index is 1.86. The first-order chi connectivity index (χ1) is 12.7. The van der Waals surface area contributed by atoms with E-state index in [0.29, 0.717) is 5.82 Å². The molecule has 3 aromatic rings. The normalized spacial score (nSPS) is 19.5. The highest BCUT2D eigenvalue weighted by molar-refractivity contribution is 5.74. The lowest BCUT2D eigenvalue weighted by atomic mass is 10.1. The Labute approximate surface area is 151 Å². The average Bonchev–Trinajstić information content (AvgIpc) is 3.24. The van der Waals surface area contributed by atoms with Crippen LogP contribution in [-0.2, 0) is 4.79 Å². The topological polar surface area (TPSA) is 58.4 Å². The number of benzene rings is 2. The molecule has 2 heterocycles. The van der Waals surface area contributed by atoms with E-state index < -0.39 is 12.3 Å². The molecule has 0 saturated heterocycles. The summed E-state index contributed by atoms with van der Waals surface area (Å²) >= 11 is 0. The third-order valence-electron chi connectivity index (χ3n) is 4.60. The number of aldehydes is 1. The molecular formula is C21H19N3O2. The molecule has 130 valence electrons. The lowest BCUT2D eigenvalue weighted by Crippen LogP contribution is -2.39. The SMILES string of the molecule is CC1=CC(C=O)N(c2cc(-c3ccccc3)n(-c3ccccc3)n2)C1O.